The fraction of sp³-hybridized carbons (Fsp3) is 0.200. The van der Waals surface area contributed by atoms with Crippen LogP contribution in [0.1, 0.15) is 28.2 Å². The van der Waals surface area contributed by atoms with E-state index in [1.54, 1.807) is 12.1 Å². The van der Waals surface area contributed by atoms with E-state index in [0.29, 0.717) is 17.0 Å². The molecule has 3 aromatic rings. The molecule has 0 fully saturated rings. The highest BCUT2D eigenvalue weighted by atomic mass is 19.4. The first-order valence-electron chi connectivity index (χ1n) is 9.14. The van der Waals surface area contributed by atoms with Crippen molar-refractivity contribution >= 4 is 12.4 Å². The molecule has 1 unspecified atom stereocenters. The van der Waals surface area contributed by atoms with Gasteiger partial charge in [0.2, 0.25) is 0 Å². The maximum atomic E-state index is 13.0. The molecule has 166 valence electrons. The van der Waals surface area contributed by atoms with Gasteiger partial charge in [-0.2, -0.15) is 4.98 Å². The van der Waals surface area contributed by atoms with Gasteiger partial charge in [-0.05, 0) is 29.8 Å². The summed E-state index contributed by atoms with van der Waals surface area (Å²) in [6.07, 6.45) is -2.53. The van der Waals surface area contributed by atoms with Crippen molar-refractivity contribution in [2.75, 3.05) is 6.61 Å². The summed E-state index contributed by atoms with van der Waals surface area (Å²) in [5.74, 6) is -0.702. The number of nitrogens with zero attached hydrogens (tertiary/aromatic N) is 2. The van der Waals surface area contributed by atoms with Crippen molar-refractivity contribution in [3.8, 4) is 17.6 Å². The lowest BCUT2D eigenvalue weighted by Crippen LogP contribution is -2.50. The Balaban J connectivity index is 1.73. The molecule has 0 bridgehead atoms. The number of rotatable bonds is 6. The number of aromatic nitrogens is 2. The Morgan fingerprint density at radius 3 is 2.72 bits per heavy atom. The molecule has 0 spiro atoms. The van der Waals surface area contributed by atoms with Crippen LogP contribution < -0.4 is 19.5 Å². The summed E-state index contributed by atoms with van der Waals surface area (Å²) in [6, 6.07) is 8.39. The van der Waals surface area contributed by atoms with E-state index < -0.39 is 29.6 Å². The van der Waals surface area contributed by atoms with Gasteiger partial charge >= 0.3 is 18.9 Å². The Hall–Kier alpha value is -4.09. The summed E-state index contributed by atoms with van der Waals surface area (Å²) in [4.78, 5) is 31.5. The molecule has 1 aliphatic rings. The molecular formula is C20H14F3N3O6. The topological polar surface area (TPSA) is 113 Å². The normalized spacial score (nSPS) is 17.6. The van der Waals surface area contributed by atoms with E-state index in [1.807, 2.05) is 0 Å². The van der Waals surface area contributed by atoms with Crippen LogP contribution in [0.15, 0.2) is 53.3 Å². The number of oxazole rings is 1. The van der Waals surface area contributed by atoms with Crippen LogP contribution in [-0.2, 0) is 10.3 Å². The summed E-state index contributed by atoms with van der Waals surface area (Å²) in [6.45, 7) is 0.288. The Bertz CT molecular complexity index is 1130. The number of ether oxygens (including phenoxy) is 3. The van der Waals surface area contributed by atoms with E-state index in [0.717, 1.165) is 18.4 Å². The fourth-order valence-electron chi connectivity index (χ4n) is 3.39. The summed E-state index contributed by atoms with van der Waals surface area (Å²) in [7, 11) is 0. The number of fused-ring (bicyclic) bond motifs is 1. The number of hydrogen-bond donors (Lipinski definition) is 1. The lowest BCUT2D eigenvalue weighted by Gasteiger charge is -2.38. The number of alkyl halides is 3. The number of nitrogens with one attached hydrogen (secondary N) is 1. The van der Waals surface area contributed by atoms with Crippen LogP contribution in [0.3, 0.4) is 0 Å². The van der Waals surface area contributed by atoms with Gasteiger partial charge in [-0.25, -0.2) is 0 Å². The Morgan fingerprint density at radius 1 is 1.22 bits per heavy atom. The molecule has 0 saturated heterocycles. The minimum atomic E-state index is -4.84. The molecule has 12 heteroatoms. The lowest BCUT2D eigenvalue weighted by atomic mass is 9.81. The van der Waals surface area contributed by atoms with Crippen LogP contribution in [-0.4, -0.2) is 35.3 Å². The largest absolute Gasteiger partial charge is 0.573 e. The van der Waals surface area contributed by atoms with Crippen molar-refractivity contribution < 1.29 is 41.4 Å². The van der Waals surface area contributed by atoms with E-state index in [4.69, 9.17) is 9.15 Å². The quantitative estimate of drug-likeness (QED) is 0.572. The molecule has 9 nitrogen and oxygen atoms in total. The SMILES string of the molecule is O=COc1nc(C(=O)NC2(c3ccc(OC(F)(F)F)cc3)CCOc3cccnc32)co1. The van der Waals surface area contributed by atoms with Crippen LogP contribution >= 0.6 is 0 Å². The third-order valence-corrected chi connectivity index (χ3v) is 4.68. The molecule has 1 aromatic carbocycles. The lowest BCUT2D eigenvalue weighted by molar-refractivity contribution is -0.274. The predicted molar refractivity (Wildman–Crippen MR) is 98.9 cm³/mol. The first-order chi connectivity index (χ1) is 15.3. The number of carbonyl (C=O) groups is 2. The van der Waals surface area contributed by atoms with Crippen molar-refractivity contribution in [3.63, 3.8) is 0 Å². The number of carbonyl (C=O) groups excluding carboxylic acids is 2. The van der Waals surface area contributed by atoms with Gasteiger partial charge < -0.3 is 23.9 Å². The van der Waals surface area contributed by atoms with E-state index in [-0.39, 0.29) is 25.2 Å². The Morgan fingerprint density at radius 2 is 2.00 bits per heavy atom. The summed E-state index contributed by atoms with van der Waals surface area (Å²) < 4.78 is 56.5. The average Bonchev–Trinajstić information content (AvgIpc) is 3.22. The van der Waals surface area contributed by atoms with E-state index in [2.05, 4.69) is 24.8 Å². The van der Waals surface area contributed by atoms with Crippen molar-refractivity contribution in [3.05, 3.63) is 65.8 Å². The van der Waals surface area contributed by atoms with Crippen LogP contribution in [0.4, 0.5) is 13.2 Å². The first-order valence-corrected chi connectivity index (χ1v) is 9.14. The standard InChI is InChI=1S/C20H14F3N3O6/c21-20(22,23)32-13-5-3-12(4-6-13)19(7-9-29-15-2-1-8-24-16(15)19)26-17(28)14-10-30-18(25-14)31-11-27/h1-6,8,10-11H,7,9H2,(H,26,28). The van der Waals surface area contributed by atoms with Gasteiger partial charge in [-0.1, -0.05) is 12.1 Å². The summed E-state index contributed by atoms with van der Waals surface area (Å²) in [5, 5.41) is 2.83. The van der Waals surface area contributed by atoms with Crippen molar-refractivity contribution in [1.82, 2.24) is 15.3 Å². The van der Waals surface area contributed by atoms with Gasteiger partial charge in [0, 0.05) is 12.6 Å². The van der Waals surface area contributed by atoms with Crippen LogP contribution in [0.2, 0.25) is 0 Å². The number of benzene rings is 1. The molecule has 1 aliphatic heterocycles. The smallest absolute Gasteiger partial charge is 0.491 e. The molecule has 1 atom stereocenters. The molecular weight excluding hydrogens is 435 g/mol. The Labute approximate surface area is 178 Å². The molecule has 0 aliphatic carbocycles. The molecule has 0 radical (unpaired) electrons. The zero-order valence-corrected chi connectivity index (χ0v) is 16.1. The zero-order valence-electron chi connectivity index (χ0n) is 16.1. The monoisotopic (exact) mass is 449 g/mol. The number of amides is 1. The van der Waals surface area contributed by atoms with Gasteiger partial charge in [0.1, 0.15) is 29.0 Å². The maximum absolute atomic E-state index is 13.0. The second-order valence-corrected chi connectivity index (χ2v) is 6.59. The number of hydrogen-bond acceptors (Lipinski definition) is 8. The zero-order chi connectivity index (χ0) is 22.8. The summed E-state index contributed by atoms with van der Waals surface area (Å²) >= 11 is 0. The fourth-order valence-corrected chi connectivity index (χ4v) is 3.39. The van der Waals surface area contributed by atoms with Gasteiger partial charge in [0.25, 0.3) is 5.91 Å². The average molecular weight is 449 g/mol. The highest BCUT2D eigenvalue weighted by Crippen LogP contribution is 2.41. The second kappa shape index (κ2) is 8.21. The third kappa shape index (κ3) is 4.19. The van der Waals surface area contributed by atoms with Gasteiger partial charge in [0.05, 0.1) is 6.61 Å². The minimum Gasteiger partial charge on any atom is -0.491 e. The van der Waals surface area contributed by atoms with Crippen LogP contribution in [0.5, 0.6) is 17.6 Å². The third-order valence-electron chi connectivity index (χ3n) is 4.68. The predicted octanol–water partition coefficient (Wildman–Crippen LogP) is 2.96. The van der Waals surface area contributed by atoms with Gasteiger partial charge in [-0.3, -0.25) is 14.6 Å². The van der Waals surface area contributed by atoms with E-state index in [1.165, 1.54) is 18.3 Å². The molecule has 0 saturated carbocycles. The Kier molecular flexibility index (Phi) is 5.43. The van der Waals surface area contributed by atoms with E-state index in [9.17, 15) is 22.8 Å². The van der Waals surface area contributed by atoms with Crippen molar-refractivity contribution in [1.29, 1.82) is 0 Å². The molecule has 32 heavy (non-hydrogen) atoms. The van der Waals surface area contributed by atoms with Gasteiger partial charge in [0.15, 0.2) is 5.69 Å². The first kappa shape index (κ1) is 21.2. The molecule has 1 amide bonds. The van der Waals surface area contributed by atoms with Gasteiger partial charge in [-0.15, -0.1) is 13.2 Å². The second-order valence-electron chi connectivity index (χ2n) is 6.59. The highest BCUT2D eigenvalue weighted by molar-refractivity contribution is 5.93. The minimum absolute atomic E-state index is 0.0955. The molecule has 4 rings (SSSR count). The van der Waals surface area contributed by atoms with Crippen LogP contribution in [0, 0.1) is 0 Å². The molecule has 2 aromatic heterocycles. The van der Waals surface area contributed by atoms with E-state index >= 15 is 0 Å². The van der Waals surface area contributed by atoms with Crippen molar-refractivity contribution in [2.24, 2.45) is 0 Å². The number of pyridine rings is 1. The molecule has 1 N–H and O–H groups in total. The summed E-state index contributed by atoms with van der Waals surface area (Å²) in [5.41, 5.74) is -0.636. The highest BCUT2D eigenvalue weighted by Gasteiger charge is 2.43. The number of halogens is 3. The molecule has 3 heterocycles. The van der Waals surface area contributed by atoms with Crippen LogP contribution in [0.25, 0.3) is 0 Å². The maximum Gasteiger partial charge on any atom is 0.573 e. The van der Waals surface area contributed by atoms with Crippen molar-refractivity contribution in [2.45, 2.75) is 18.3 Å².